The number of halogens is 3. The summed E-state index contributed by atoms with van der Waals surface area (Å²) in [7, 11) is 0. The molecule has 0 aromatic heterocycles. The Balaban J connectivity index is 2.17. The molecule has 0 radical (unpaired) electrons. The lowest BCUT2D eigenvalue weighted by molar-refractivity contribution is 0.238. The summed E-state index contributed by atoms with van der Waals surface area (Å²) < 4.78 is 12.6. The molecular formula is C20H24BrCl2NO3. The quantitative estimate of drug-likeness (QED) is 0.469. The van der Waals surface area contributed by atoms with Crippen LogP contribution in [-0.4, -0.2) is 24.4 Å². The largest absolute Gasteiger partial charge is 0.490 e. The van der Waals surface area contributed by atoms with Crippen LogP contribution >= 0.6 is 39.1 Å². The first-order valence-corrected chi connectivity index (χ1v) is 10.4. The number of aliphatic hydroxyl groups is 1. The number of nitrogens with one attached hydrogen (secondary N) is 1. The molecule has 2 aromatic carbocycles. The summed E-state index contributed by atoms with van der Waals surface area (Å²) in [4.78, 5) is 0. The fourth-order valence-electron chi connectivity index (χ4n) is 2.52. The molecule has 7 heteroatoms. The minimum absolute atomic E-state index is 0.0716. The molecule has 0 spiro atoms. The first-order chi connectivity index (χ1) is 13.0. The highest BCUT2D eigenvalue weighted by atomic mass is 79.9. The highest BCUT2D eigenvalue weighted by Gasteiger charge is 2.14. The third-order valence-corrected chi connectivity index (χ3v) is 5.24. The molecule has 27 heavy (non-hydrogen) atoms. The second-order valence-corrected chi connectivity index (χ2v) is 7.73. The molecule has 4 nitrogen and oxygen atoms in total. The average Bonchev–Trinajstić information content (AvgIpc) is 2.63. The molecule has 0 aliphatic heterocycles. The molecule has 0 saturated carbocycles. The lowest BCUT2D eigenvalue weighted by Crippen LogP contribution is -2.31. The summed E-state index contributed by atoms with van der Waals surface area (Å²) in [5.74, 6) is 1.28. The van der Waals surface area contributed by atoms with E-state index in [0.29, 0.717) is 41.3 Å². The number of hydrogen-bond acceptors (Lipinski definition) is 4. The maximum atomic E-state index is 9.32. The zero-order valence-electron chi connectivity index (χ0n) is 15.4. The standard InChI is InChI=1S/C20H24BrCl2NO3/c1-3-16(11-25)24-10-13-7-17(21)20(19(8-13)26-4-2)27-12-14-5-6-15(22)9-18(14)23/h5-9,16,24-25H,3-4,10-12H2,1-2H3/t16-/m1/s1. The van der Waals surface area contributed by atoms with Crippen molar-refractivity contribution in [3.8, 4) is 11.5 Å². The lowest BCUT2D eigenvalue weighted by Gasteiger charge is -2.18. The Morgan fingerprint density at radius 2 is 1.93 bits per heavy atom. The van der Waals surface area contributed by atoms with Crippen molar-refractivity contribution in [2.45, 2.75) is 39.5 Å². The number of ether oxygens (including phenoxy) is 2. The molecule has 0 unspecified atom stereocenters. The van der Waals surface area contributed by atoms with Gasteiger partial charge in [0.05, 0.1) is 17.7 Å². The normalized spacial score (nSPS) is 12.1. The molecule has 0 aliphatic carbocycles. The second kappa shape index (κ2) is 11.1. The molecule has 2 N–H and O–H groups in total. The van der Waals surface area contributed by atoms with E-state index in [1.54, 1.807) is 12.1 Å². The van der Waals surface area contributed by atoms with Gasteiger partial charge in [-0.25, -0.2) is 0 Å². The predicted octanol–water partition coefficient (Wildman–Crippen LogP) is 5.59. The zero-order chi connectivity index (χ0) is 19.8. The summed E-state index contributed by atoms with van der Waals surface area (Å²) in [6.45, 7) is 5.52. The van der Waals surface area contributed by atoms with Crippen molar-refractivity contribution in [1.82, 2.24) is 5.32 Å². The van der Waals surface area contributed by atoms with Crippen LogP contribution in [0.15, 0.2) is 34.8 Å². The van der Waals surface area contributed by atoms with Crippen LogP contribution in [0.4, 0.5) is 0 Å². The minimum Gasteiger partial charge on any atom is -0.490 e. The molecule has 0 fully saturated rings. The number of aliphatic hydroxyl groups excluding tert-OH is 1. The monoisotopic (exact) mass is 475 g/mol. The number of benzene rings is 2. The van der Waals surface area contributed by atoms with E-state index in [1.807, 2.05) is 32.0 Å². The van der Waals surface area contributed by atoms with Crippen molar-refractivity contribution in [3.05, 3.63) is 56.0 Å². The molecule has 2 aromatic rings. The van der Waals surface area contributed by atoms with Crippen LogP contribution in [0.2, 0.25) is 10.0 Å². The van der Waals surface area contributed by atoms with Gasteiger partial charge >= 0.3 is 0 Å². The van der Waals surface area contributed by atoms with E-state index < -0.39 is 0 Å². The van der Waals surface area contributed by atoms with Crippen molar-refractivity contribution in [1.29, 1.82) is 0 Å². The summed E-state index contributed by atoms with van der Waals surface area (Å²) in [5.41, 5.74) is 1.88. The van der Waals surface area contributed by atoms with Gasteiger partial charge in [0.15, 0.2) is 11.5 Å². The Morgan fingerprint density at radius 3 is 2.56 bits per heavy atom. The number of rotatable bonds is 10. The topological polar surface area (TPSA) is 50.7 Å². The Hall–Kier alpha value is -0.980. The molecule has 0 aliphatic rings. The van der Waals surface area contributed by atoms with Gasteiger partial charge in [0.25, 0.3) is 0 Å². The van der Waals surface area contributed by atoms with Crippen LogP contribution < -0.4 is 14.8 Å². The fourth-order valence-corrected chi connectivity index (χ4v) is 3.58. The Labute approximate surface area is 178 Å². The third kappa shape index (κ3) is 6.54. The second-order valence-electron chi connectivity index (χ2n) is 6.03. The van der Waals surface area contributed by atoms with E-state index in [4.69, 9.17) is 32.7 Å². The minimum atomic E-state index is 0.0716. The van der Waals surface area contributed by atoms with Gasteiger partial charge in [-0.1, -0.05) is 36.2 Å². The first-order valence-electron chi connectivity index (χ1n) is 8.84. The SMILES string of the molecule is CCOc1cc(CN[C@H](CC)CO)cc(Br)c1OCc1ccc(Cl)cc1Cl. The van der Waals surface area contributed by atoms with Gasteiger partial charge in [-0.15, -0.1) is 0 Å². The van der Waals surface area contributed by atoms with Crippen molar-refractivity contribution >= 4 is 39.1 Å². The van der Waals surface area contributed by atoms with Crippen molar-refractivity contribution in [2.24, 2.45) is 0 Å². The van der Waals surface area contributed by atoms with Crippen LogP contribution in [0.5, 0.6) is 11.5 Å². The van der Waals surface area contributed by atoms with Gasteiger partial charge in [0.1, 0.15) is 6.61 Å². The van der Waals surface area contributed by atoms with Gasteiger partial charge in [0, 0.05) is 28.2 Å². The third-order valence-electron chi connectivity index (χ3n) is 4.06. The van der Waals surface area contributed by atoms with Crippen LogP contribution in [0.3, 0.4) is 0 Å². The Bertz CT molecular complexity index is 754. The van der Waals surface area contributed by atoms with Crippen LogP contribution in [-0.2, 0) is 13.2 Å². The van der Waals surface area contributed by atoms with E-state index in [9.17, 15) is 5.11 Å². The van der Waals surface area contributed by atoms with Gasteiger partial charge in [-0.05, 0) is 59.1 Å². The van der Waals surface area contributed by atoms with Crippen LogP contribution in [0.1, 0.15) is 31.4 Å². The predicted molar refractivity (Wildman–Crippen MR) is 114 cm³/mol. The fraction of sp³-hybridized carbons (Fsp3) is 0.400. The lowest BCUT2D eigenvalue weighted by atomic mass is 10.1. The summed E-state index contributed by atoms with van der Waals surface area (Å²) in [6, 6.07) is 9.33. The highest BCUT2D eigenvalue weighted by molar-refractivity contribution is 9.10. The zero-order valence-corrected chi connectivity index (χ0v) is 18.5. The van der Waals surface area contributed by atoms with Crippen molar-refractivity contribution in [3.63, 3.8) is 0 Å². The maximum absolute atomic E-state index is 9.32. The molecule has 0 saturated heterocycles. The van der Waals surface area contributed by atoms with Crippen LogP contribution in [0, 0.1) is 0 Å². The molecule has 1 atom stereocenters. The van der Waals surface area contributed by atoms with Crippen LogP contribution in [0.25, 0.3) is 0 Å². The molecule has 0 bridgehead atoms. The molecule has 0 heterocycles. The average molecular weight is 477 g/mol. The Morgan fingerprint density at radius 1 is 1.15 bits per heavy atom. The van der Waals surface area contributed by atoms with Gasteiger partial charge < -0.3 is 19.9 Å². The molecule has 148 valence electrons. The van der Waals surface area contributed by atoms with Crippen molar-refractivity contribution < 1.29 is 14.6 Å². The maximum Gasteiger partial charge on any atom is 0.175 e. The number of hydrogen-bond donors (Lipinski definition) is 2. The van der Waals surface area contributed by atoms with E-state index >= 15 is 0 Å². The molecular weight excluding hydrogens is 453 g/mol. The van der Waals surface area contributed by atoms with E-state index in [2.05, 4.69) is 21.2 Å². The van der Waals surface area contributed by atoms with E-state index in [-0.39, 0.29) is 12.6 Å². The van der Waals surface area contributed by atoms with E-state index in [1.165, 1.54) is 0 Å². The Kier molecular flexibility index (Phi) is 9.19. The highest BCUT2D eigenvalue weighted by Crippen LogP contribution is 2.38. The summed E-state index contributed by atoms with van der Waals surface area (Å²) in [6.07, 6.45) is 0.860. The van der Waals surface area contributed by atoms with Gasteiger partial charge in [-0.2, -0.15) is 0 Å². The first kappa shape index (κ1) is 22.3. The smallest absolute Gasteiger partial charge is 0.175 e. The summed E-state index contributed by atoms with van der Waals surface area (Å²) >= 11 is 15.7. The van der Waals surface area contributed by atoms with Gasteiger partial charge in [0.2, 0.25) is 0 Å². The van der Waals surface area contributed by atoms with Crippen molar-refractivity contribution in [2.75, 3.05) is 13.2 Å². The summed E-state index contributed by atoms with van der Waals surface area (Å²) in [5, 5.41) is 13.8. The molecule has 0 amide bonds. The van der Waals surface area contributed by atoms with E-state index in [0.717, 1.165) is 22.0 Å². The molecule has 2 rings (SSSR count). The van der Waals surface area contributed by atoms with Gasteiger partial charge in [-0.3, -0.25) is 0 Å².